The second-order valence-electron chi connectivity index (χ2n) is 4.31. The number of hydrogen-bond acceptors (Lipinski definition) is 5. The molecule has 0 amide bonds. The summed E-state index contributed by atoms with van der Waals surface area (Å²) in [7, 11) is 0. The standard InChI is InChI=1S/C11H18N4O/c1-2-9-10(12)14-6-15-11(9)13-5-7-3-8(16)4-7/h6-8,16H,2-5H2,1H3,(H3,12,13,14,15). The van der Waals surface area contributed by atoms with E-state index in [4.69, 9.17) is 5.73 Å². The maximum atomic E-state index is 9.19. The van der Waals surface area contributed by atoms with Crippen molar-refractivity contribution < 1.29 is 5.11 Å². The van der Waals surface area contributed by atoms with Crippen LogP contribution in [0.4, 0.5) is 11.6 Å². The van der Waals surface area contributed by atoms with Crippen molar-refractivity contribution in [3.8, 4) is 0 Å². The molecule has 1 aromatic heterocycles. The van der Waals surface area contributed by atoms with Crippen molar-refractivity contribution in [3.05, 3.63) is 11.9 Å². The molecular weight excluding hydrogens is 204 g/mol. The second kappa shape index (κ2) is 4.65. The number of aliphatic hydroxyl groups excluding tert-OH is 1. The molecule has 1 aliphatic carbocycles. The van der Waals surface area contributed by atoms with Gasteiger partial charge in [0, 0.05) is 12.1 Å². The lowest BCUT2D eigenvalue weighted by Crippen LogP contribution is -2.33. The number of nitrogen functional groups attached to an aromatic ring is 1. The lowest BCUT2D eigenvalue weighted by Gasteiger charge is -2.31. The molecule has 2 rings (SSSR count). The van der Waals surface area contributed by atoms with Crippen LogP contribution in [0.1, 0.15) is 25.3 Å². The fraction of sp³-hybridized carbons (Fsp3) is 0.636. The van der Waals surface area contributed by atoms with Crippen LogP contribution in [-0.2, 0) is 6.42 Å². The lowest BCUT2D eigenvalue weighted by atomic mass is 9.82. The van der Waals surface area contributed by atoms with Gasteiger partial charge in [0.15, 0.2) is 0 Å². The van der Waals surface area contributed by atoms with Gasteiger partial charge in [-0.15, -0.1) is 0 Å². The summed E-state index contributed by atoms with van der Waals surface area (Å²) >= 11 is 0. The Balaban J connectivity index is 1.95. The smallest absolute Gasteiger partial charge is 0.134 e. The first kappa shape index (κ1) is 11.1. The highest BCUT2D eigenvalue weighted by molar-refractivity contribution is 5.54. The number of anilines is 2. The summed E-state index contributed by atoms with van der Waals surface area (Å²) in [6, 6.07) is 0. The largest absolute Gasteiger partial charge is 0.393 e. The maximum Gasteiger partial charge on any atom is 0.134 e. The number of hydrogen-bond donors (Lipinski definition) is 3. The van der Waals surface area contributed by atoms with Crippen LogP contribution < -0.4 is 11.1 Å². The van der Waals surface area contributed by atoms with Gasteiger partial charge in [0.05, 0.1) is 6.10 Å². The molecule has 0 spiro atoms. The molecule has 1 saturated carbocycles. The summed E-state index contributed by atoms with van der Waals surface area (Å²) in [5, 5.41) is 12.5. The number of nitrogens with one attached hydrogen (secondary N) is 1. The quantitative estimate of drug-likeness (QED) is 0.702. The van der Waals surface area contributed by atoms with E-state index in [1.54, 1.807) is 0 Å². The molecule has 0 unspecified atom stereocenters. The molecule has 88 valence electrons. The number of aromatic nitrogens is 2. The predicted molar refractivity (Wildman–Crippen MR) is 63.0 cm³/mol. The Kier molecular flexibility index (Phi) is 3.24. The monoisotopic (exact) mass is 222 g/mol. The first-order valence-electron chi connectivity index (χ1n) is 5.72. The number of nitrogens with zero attached hydrogens (tertiary/aromatic N) is 2. The molecule has 4 N–H and O–H groups in total. The Morgan fingerprint density at radius 2 is 2.25 bits per heavy atom. The molecule has 16 heavy (non-hydrogen) atoms. The van der Waals surface area contributed by atoms with E-state index in [-0.39, 0.29) is 6.10 Å². The van der Waals surface area contributed by atoms with Gasteiger partial charge in [-0.2, -0.15) is 0 Å². The van der Waals surface area contributed by atoms with E-state index in [9.17, 15) is 5.11 Å². The maximum absolute atomic E-state index is 9.19. The average molecular weight is 222 g/mol. The van der Waals surface area contributed by atoms with Crippen LogP contribution >= 0.6 is 0 Å². The van der Waals surface area contributed by atoms with Crippen molar-refractivity contribution in [2.24, 2.45) is 5.92 Å². The summed E-state index contributed by atoms with van der Waals surface area (Å²) in [5.41, 5.74) is 6.75. The Bertz CT molecular complexity index is 363. The highest BCUT2D eigenvalue weighted by atomic mass is 16.3. The third kappa shape index (κ3) is 2.24. The van der Waals surface area contributed by atoms with E-state index in [0.717, 1.165) is 37.2 Å². The van der Waals surface area contributed by atoms with Crippen molar-refractivity contribution >= 4 is 11.6 Å². The number of rotatable bonds is 4. The topological polar surface area (TPSA) is 84.1 Å². The fourth-order valence-electron chi connectivity index (χ4n) is 2.04. The van der Waals surface area contributed by atoms with Crippen LogP contribution in [0.3, 0.4) is 0 Å². The van der Waals surface area contributed by atoms with Gasteiger partial charge in [-0.05, 0) is 25.2 Å². The number of aliphatic hydroxyl groups is 1. The fourth-order valence-corrected chi connectivity index (χ4v) is 2.04. The lowest BCUT2D eigenvalue weighted by molar-refractivity contribution is 0.0486. The zero-order chi connectivity index (χ0) is 11.5. The van der Waals surface area contributed by atoms with Crippen LogP contribution in [-0.4, -0.2) is 27.7 Å². The molecular formula is C11H18N4O. The molecule has 0 saturated heterocycles. The molecule has 0 bridgehead atoms. The van der Waals surface area contributed by atoms with Gasteiger partial charge in [0.1, 0.15) is 18.0 Å². The van der Waals surface area contributed by atoms with E-state index < -0.39 is 0 Å². The first-order valence-corrected chi connectivity index (χ1v) is 5.72. The second-order valence-corrected chi connectivity index (χ2v) is 4.31. The van der Waals surface area contributed by atoms with E-state index in [0.29, 0.717) is 11.7 Å². The van der Waals surface area contributed by atoms with Crippen molar-refractivity contribution in [1.82, 2.24) is 9.97 Å². The van der Waals surface area contributed by atoms with E-state index >= 15 is 0 Å². The van der Waals surface area contributed by atoms with Crippen LogP contribution in [0.25, 0.3) is 0 Å². The summed E-state index contributed by atoms with van der Waals surface area (Å²) < 4.78 is 0. The van der Waals surface area contributed by atoms with Crippen LogP contribution in [0.5, 0.6) is 0 Å². The van der Waals surface area contributed by atoms with Gasteiger partial charge in [0.2, 0.25) is 0 Å². The molecule has 1 aromatic rings. The Morgan fingerprint density at radius 1 is 1.50 bits per heavy atom. The van der Waals surface area contributed by atoms with E-state index in [1.165, 1.54) is 6.33 Å². The minimum Gasteiger partial charge on any atom is -0.393 e. The summed E-state index contributed by atoms with van der Waals surface area (Å²) in [6.07, 6.45) is 3.96. The molecule has 0 radical (unpaired) electrons. The summed E-state index contributed by atoms with van der Waals surface area (Å²) in [5.74, 6) is 1.93. The van der Waals surface area contributed by atoms with Crippen molar-refractivity contribution in [2.75, 3.05) is 17.6 Å². The third-order valence-corrected chi connectivity index (χ3v) is 3.10. The summed E-state index contributed by atoms with van der Waals surface area (Å²) in [4.78, 5) is 8.17. The van der Waals surface area contributed by atoms with Gasteiger partial charge in [-0.1, -0.05) is 6.92 Å². The highest BCUT2D eigenvalue weighted by Gasteiger charge is 2.26. The van der Waals surface area contributed by atoms with E-state index in [2.05, 4.69) is 15.3 Å². The normalized spacial score (nSPS) is 23.9. The van der Waals surface area contributed by atoms with E-state index in [1.807, 2.05) is 6.92 Å². The zero-order valence-electron chi connectivity index (χ0n) is 9.48. The van der Waals surface area contributed by atoms with Crippen molar-refractivity contribution in [1.29, 1.82) is 0 Å². The van der Waals surface area contributed by atoms with Gasteiger partial charge in [-0.3, -0.25) is 0 Å². The molecule has 0 aromatic carbocycles. The highest BCUT2D eigenvalue weighted by Crippen LogP contribution is 2.27. The van der Waals surface area contributed by atoms with Crippen molar-refractivity contribution in [2.45, 2.75) is 32.3 Å². The molecule has 1 heterocycles. The minimum absolute atomic E-state index is 0.104. The van der Waals surface area contributed by atoms with Gasteiger partial charge >= 0.3 is 0 Å². The predicted octanol–water partition coefficient (Wildman–Crippen LogP) is 0.804. The Morgan fingerprint density at radius 3 is 2.88 bits per heavy atom. The molecule has 5 nitrogen and oxygen atoms in total. The van der Waals surface area contributed by atoms with Crippen molar-refractivity contribution in [3.63, 3.8) is 0 Å². The number of nitrogens with two attached hydrogens (primary N) is 1. The molecule has 1 fully saturated rings. The van der Waals surface area contributed by atoms with Crippen LogP contribution in [0.2, 0.25) is 0 Å². The summed E-state index contributed by atoms with van der Waals surface area (Å²) in [6.45, 7) is 2.88. The molecule has 0 atom stereocenters. The average Bonchev–Trinajstić information content (AvgIpc) is 2.23. The zero-order valence-corrected chi connectivity index (χ0v) is 9.48. The molecule has 1 aliphatic rings. The van der Waals surface area contributed by atoms with Crippen LogP contribution in [0, 0.1) is 5.92 Å². The minimum atomic E-state index is -0.104. The Labute approximate surface area is 95.1 Å². The third-order valence-electron chi connectivity index (χ3n) is 3.10. The molecule has 5 heteroatoms. The molecule has 0 aliphatic heterocycles. The van der Waals surface area contributed by atoms with Gasteiger partial charge in [-0.25, -0.2) is 9.97 Å². The van der Waals surface area contributed by atoms with Crippen LogP contribution in [0.15, 0.2) is 6.33 Å². The van der Waals surface area contributed by atoms with Gasteiger partial charge in [0.25, 0.3) is 0 Å². The SMILES string of the molecule is CCc1c(N)ncnc1NCC1CC(O)C1. The first-order chi connectivity index (χ1) is 7.70. The van der Waals surface area contributed by atoms with Gasteiger partial charge < -0.3 is 16.2 Å². The Hall–Kier alpha value is -1.36.